The van der Waals surface area contributed by atoms with E-state index in [0.29, 0.717) is 6.61 Å². The zero-order valence-electron chi connectivity index (χ0n) is 7.58. The van der Waals surface area contributed by atoms with Crippen LogP contribution in [-0.4, -0.2) is 6.61 Å². The molecule has 0 spiro atoms. The van der Waals surface area contributed by atoms with Gasteiger partial charge in [-0.3, -0.25) is 0 Å². The van der Waals surface area contributed by atoms with Gasteiger partial charge in [0, 0.05) is 12.0 Å². The van der Waals surface area contributed by atoms with Gasteiger partial charge in [-0.15, -0.1) is 0 Å². The number of nitrogens with zero attached hydrogens (tertiary/aromatic N) is 1. The van der Waals surface area contributed by atoms with Crippen LogP contribution in [0, 0.1) is 18.3 Å². The molecule has 1 unspecified atom stereocenters. The van der Waals surface area contributed by atoms with E-state index in [2.05, 4.69) is 6.07 Å². The van der Waals surface area contributed by atoms with E-state index in [9.17, 15) is 0 Å². The van der Waals surface area contributed by atoms with E-state index in [0.717, 1.165) is 17.7 Å². The third-order valence-electron chi connectivity index (χ3n) is 2.36. The van der Waals surface area contributed by atoms with Crippen LogP contribution >= 0.6 is 0 Å². The van der Waals surface area contributed by atoms with Gasteiger partial charge in [0.1, 0.15) is 5.75 Å². The van der Waals surface area contributed by atoms with E-state index in [-0.39, 0.29) is 5.92 Å². The second kappa shape index (κ2) is 3.10. The molecular weight excluding hydrogens is 162 g/mol. The Morgan fingerprint density at radius 1 is 1.54 bits per heavy atom. The molecule has 1 aliphatic heterocycles. The summed E-state index contributed by atoms with van der Waals surface area (Å²) in [6.07, 6.45) is 0.812. The van der Waals surface area contributed by atoms with Crippen molar-refractivity contribution < 1.29 is 4.74 Å². The van der Waals surface area contributed by atoms with Gasteiger partial charge in [-0.2, -0.15) is 5.26 Å². The van der Waals surface area contributed by atoms with E-state index in [1.165, 1.54) is 5.56 Å². The monoisotopic (exact) mass is 173 g/mol. The summed E-state index contributed by atoms with van der Waals surface area (Å²) in [5.74, 6) is 0.895. The normalized spacial score (nSPS) is 19.8. The highest BCUT2D eigenvalue weighted by Gasteiger charge is 2.20. The molecule has 1 aliphatic rings. The fraction of sp³-hybridized carbons (Fsp3) is 0.364. The second-order valence-electron chi connectivity index (χ2n) is 3.36. The van der Waals surface area contributed by atoms with Crippen molar-refractivity contribution in [2.45, 2.75) is 19.3 Å². The highest BCUT2D eigenvalue weighted by Crippen LogP contribution is 2.33. The first-order chi connectivity index (χ1) is 6.31. The third-order valence-corrected chi connectivity index (χ3v) is 2.36. The smallest absolute Gasteiger partial charge is 0.123 e. The molecule has 0 bridgehead atoms. The van der Waals surface area contributed by atoms with Crippen molar-refractivity contribution in [3.8, 4) is 11.8 Å². The Hall–Kier alpha value is -1.49. The largest absolute Gasteiger partial charge is 0.493 e. The lowest BCUT2D eigenvalue weighted by Gasteiger charge is -2.21. The average molecular weight is 173 g/mol. The third kappa shape index (κ3) is 1.38. The molecule has 2 nitrogen and oxygen atoms in total. The van der Waals surface area contributed by atoms with Gasteiger partial charge in [0.25, 0.3) is 0 Å². The van der Waals surface area contributed by atoms with Gasteiger partial charge in [-0.05, 0) is 13.0 Å². The molecule has 0 aliphatic carbocycles. The topological polar surface area (TPSA) is 33.0 Å². The summed E-state index contributed by atoms with van der Waals surface area (Å²) in [7, 11) is 0. The standard InChI is InChI=1S/C11H11NO/c1-8-2-3-11-10(6-8)9(7-12)4-5-13-11/h2-3,6,9H,4-5H2,1H3. The van der Waals surface area contributed by atoms with E-state index in [1.54, 1.807) is 0 Å². The zero-order valence-corrected chi connectivity index (χ0v) is 7.58. The molecule has 1 heterocycles. The summed E-state index contributed by atoms with van der Waals surface area (Å²) in [5.41, 5.74) is 2.23. The maximum absolute atomic E-state index is 8.92. The number of benzene rings is 1. The highest BCUT2D eigenvalue weighted by molar-refractivity contribution is 5.43. The number of rotatable bonds is 0. The molecule has 2 heteroatoms. The number of hydrogen-bond donors (Lipinski definition) is 0. The number of ether oxygens (including phenoxy) is 1. The molecule has 0 saturated heterocycles. The molecule has 13 heavy (non-hydrogen) atoms. The summed E-state index contributed by atoms with van der Waals surface area (Å²) in [6.45, 7) is 2.69. The highest BCUT2D eigenvalue weighted by atomic mass is 16.5. The molecule has 2 rings (SSSR count). The number of aryl methyl sites for hydroxylation is 1. The first-order valence-electron chi connectivity index (χ1n) is 4.44. The van der Waals surface area contributed by atoms with Crippen LogP contribution in [0.5, 0.6) is 5.75 Å². The molecule has 0 fully saturated rings. The molecular formula is C11H11NO. The predicted octanol–water partition coefficient (Wildman–Crippen LogP) is 2.38. The van der Waals surface area contributed by atoms with Crippen LogP contribution < -0.4 is 4.74 Å². The van der Waals surface area contributed by atoms with E-state index in [4.69, 9.17) is 10.00 Å². The SMILES string of the molecule is Cc1ccc2c(c1)C(C#N)CCO2. The summed E-state index contributed by atoms with van der Waals surface area (Å²) in [4.78, 5) is 0. The van der Waals surface area contributed by atoms with Gasteiger partial charge in [0.2, 0.25) is 0 Å². The van der Waals surface area contributed by atoms with Crippen molar-refractivity contribution >= 4 is 0 Å². The Bertz CT molecular complexity index is 365. The van der Waals surface area contributed by atoms with Crippen molar-refractivity contribution in [2.24, 2.45) is 0 Å². The molecule has 1 atom stereocenters. The number of hydrogen-bond acceptors (Lipinski definition) is 2. The van der Waals surface area contributed by atoms with Gasteiger partial charge < -0.3 is 4.74 Å². The van der Waals surface area contributed by atoms with Crippen LogP contribution in [0.4, 0.5) is 0 Å². The molecule has 1 aromatic rings. The van der Waals surface area contributed by atoms with Crippen molar-refractivity contribution in [3.05, 3.63) is 29.3 Å². The average Bonchev–Trinajstić information content (AvgIpc) is 2.17. The zero-order chi connectivity index (χ0) is 9.26. The minimum atomic E-state index is 0.0173. The van der Waals surface area contributed by atoms with Gasteiger partial charge >= 0.3 is 0 Å². The predicted molar refractivity (Wildman–Crippen MR) is 49.6 cm³/mol. The van der Waals surface area contributed by atoms with Gasteiger partial charge in [-0.1, -0.05) is 17.7 Å². The Morgan fingerprint density at radius 2 is 2.38 bits per heavy atom. The maximum Gasteiger partial charge on any atom is 0.123 e. The fourth-order valence-electron chi connectivity index (χ4n) is 1.65. The molecule has 0 N–H and O–H groups in total. The molecule has 0 aromatic heterocycles. The molecule has 0 radical (unpaired) electrons. The summed E-state index contributed by atoms with van der Waals surface area (Å²) >= 11 is 0. The first-order valence-corrected chi connectivity index (χ1v) is 4.44. The second-order valence-corrected chi connectivity index (χ2v) is 3.36. The number of fused-ring (bicyclic) bond motifs is 1. The van der Waals surface area contributed by atoms with E-state index < -0.39 is 0 Å². The van der Waals surface area contributed by atoms with Crippen LogP contribution in [0.15, 0.2) is 18.2 Å². The Balaban J connectivity index is 2.49. The van der Waals surface area contributed by atoms with E-state index in [1.807, 2.05) is 25.1 Å². The molecule has 0 amide bonds. The minimum absolute atomic E-state index is 0.0173. The Morgan fingerprint density at radius 3 is 3.15 bits per heavy atom. The van der Waals surface area contributed by atoms with Crippen LogP contribution in [0.25, 0.3) is 0 Å². The van der Waals surface area contributed by atoms with Crippen molar-refractivity contribution in [3.63, 3.8) is 0 Å². The number of nitriles is 1. The lowest BCUT2D eigenvalue weighted by molar-refractivity contribution is 0.280. The van der Waals surface area contributed by atoms with Crippen molar-refractivity contribution in [1.82, 2.24) is 0 Å². The quantitative estimate of drug-likeness (QED) is 0.603. The molecule has 1 aromatic carbocycles. The lowest BCUT2D eigenvalue weighted by atomic mass is 9.93. The summed E-state index contributed by atoms with van der Waals surface area (Å²) in [5, 5.41) is 8.92. The van der Waals surface area contributed by atoms with E-state index >= 15 is 0 Å². The van der Waals surface area contributed by atoms with Crippen LogP contribution in [0.1, 0.15) is 23.5 Å². The lowest BCUT2D eigenvalue weighted by Crippen LogP contribution is -2.12. The summed E-state index contributed by atoms with van der Waals surface area (Å²) < 4.78 is 5.46. The maximum atomic E-state index is 8.92. The minimum Gasteiger partial charge on any atom is -0.493 e. The van der Waals surface area contributed by atoms with Crippen LogP contribution in [0.3, 0.4) is 0 Å². The molecule has 0 saturated carbocycles. The van der Waals surface area contributed by atoms with Gasteiger partial charge in [-0.25, -0.2) is 0 Å². The van der Waals surface area contributed by atoms with Crippen molar-refractivity contribution in [2.75, 3.05) is 6.61 Å². The van der Waals surface area contributed by atoms with Crippen LogP contribution in [0.2, 0.25) is 0 Å². The van der Waals surface area contributed by atoms with Gasteiger partial charge in [0.15, 0.2) is 0 Å². The first kappa shape index (κ1) is 8.12. The Kier molecular flexibility index (Phi) is 1.94. The Labute approximate surface area is 77.8 Å². The van der Waals surface area contributed by atoms with Crippen LogP contribution in [-0.2, 0) is 0 Å². The van der Waals surface area contributed by atoms with Crippen molar-refractivity contribution in [1.29, 1.82) is 5.26 Å². The van der Waals surface area contributed by atoms with Gasteiger partial charge in [0.05, 0.1) is 18.6 Å². The summed E-state index contributed by atoms with van der Waals surface area (Å²) in [6, 6.07) is 8.32. The molecule has 66 valence electrons. The fourth-order valence-corrected chi connectivity index (χ4v) is 1.65.